The summed E-state index contributed by atoms with van der Waals surface area (Å²) in [5.41, 5.74) is 1.29. The minimum absolute atomic E-state index is 0.0651. The van der Waals surface area contributed by atoms with Crippen LogP contribution in [0, 0.1) is 0 Å². The summed E-state index contributed by atoms with van der Waals surface area (Å²) in [5.74, 6) is -2.03. The Morgan fingerprint density at radius 3 is 2.30 bits per heavy atom. The van der Waals surface area contributed by atoms with Crippen molar-refractivity contribution in [1.82, 2.24) is 10.2 Å². The highest BCUT2D eigenvalue weighted by molar-refractivity contribution is 6.06. The van der Waals surface area contributed by atoms with E-state index in [1.54, 1.807) is 0 Å². The van der Waals surface area contributed by atoms with E-state index >= 15 is 0 Å². The van der Waals surface area contributed by atoms with Crippen LogP contribution in [-0.2, 0) is 30.2 Å². The van der Waals surface area contributed by atoms with Gasteiger partial charge >= 0.3 is 5.97 Å². The lowest BCUT2D eigenvalue weighted by Gasteiger charge is -2.36. The Labute approximate surface area is 218 Å². The molecule has 0 saturated carbocycles. The zero-order chi connectivity index (χ0) is 26.4. The number of rotatable bonds is 12. The van der Waals surface area contributed by atoms with E-state index in [9.17, 15) is 9.59 Å². The van der Waals surface area contributed by atoms with Gasteiger partial charge in [0.2, 0.25) is 5.79 Å². The molecular formula is C29H36N2O6. The Bertz CT molecular complexity index is 1060. The predicted octanol–water partition coefficient (Wildman–Crippen LogP) is 3.12. The first-order chi connectivity index (χ1) is 17.9. The zero-order valence-electron chi connectivity index (χ0n) is 21.9. The third-order valence-electron chi connectivity index (χ3n) is 6.94. The smallest absolute Gasteiger partial charge is 0.339 e. The summed E-state index contributed by atoms with van der Waals surface area (Å²) in [6.07, 6.45) is -1.57. The molecule has 4 atom stereocenters. The molecule has 2 aliphatic rings. The first kappa shape index (κ1) is 26.9. The molecule has 8 nitrogen and oxygen atoms in total. The topological polar surface area (TPSA) is 86.3 Å². The summed E-state index contributed by atoms with van der Waals surface area (Å²) in [4.78, 5) is 28.9. The van der Waals surface area contributed by atoms with Crippen LogP contribution in [0.4, 0.5) is 0 Å². The number of hydrogen-bond acceptors (Lipinski definition) is 7. The fourth-order valence-electron chi connectivity index (χ4n) is 5.01. The average molecular weight is 509 g/mol. The zero-order valence-corrected chi connectivity index (χ0v) is 21.9. The van der Waals surface area contributed by atoms with Gasteiger partial charge in [-0.25, -0.2) is 4.79 Å². The maximum atomic E-state index is 13.5. The summed E-state index contributed by atoms with van der Waals surface area (Å²) < 4.78 is 24.4. The molecule has 0 aliphatic carbocycles. The fourth-order valence-corrected chi connectivity index (χ4v) is 5.01. The van der Waals surface area contributed by atoms with Crippen LogP contribution in [0.1, 0.15) is 26.3 Å². The molecule has 1 saturated heterocycles. The lowest BCUT2D eigenvalue weighted by Crippen LogP contribution is -2.52. The van der Waals surface area contributed by atoms with Gasteiger partial charge in [-0.1, -0.05) is 62.4 Å². The van der Waals surface area contributed by atoms with Gasteiger partial charge in [0.1, 0.15) is 17.4 Å². The highest BCUT2D eigenvalue weighted by atomic mass is 16.8. The van der Waals surface area contributed by atoms with Gasteiger partial charge in [-0.05, 0) is 37.7 Å². The number of methoxy groups -OCH3 is 1. The maximum absolute atomic E-state index is 13.5. The molecule has 0 radical (unpaired) electrons. The summed E-state index contributed by atoms with van der Waals surface area (Å²) in [6.45, 7) is 8.92. The van der Waals surface area contributed by atoms with E-state index in [4.69, 9.17) is 18.9 Å². The Morgan fingerprint density at radius 2 is 1.68 bits per heavy atom. The molecule has 2 heterocycles. The third-order valence-corrected chi connectivity index (χ3v) is 6.94. The van der Waals surface area contributed by atoms with Gasteiger partial charge in [0, 0.05) is 19.5 Å². The van der Waals surface area contributed by atoms with Crippen LogP contribution < -0.4 is 10.1 Å². The van der Waals surface area contributed by atoms with Crippen molar-refractivity contribution < 1.29 is 28.5 Å². The van der Waals surface area contributed by atoms with E-state index in [0.29, 0.717) is 25.3 Å². The van der Waals surface area contributed by atoms with E-state index in [0.717, 1.165) is 18.7 Å². The van der Waals surface area contributed by atoms with Gasteiger partial charge < -0.3 is 29.2 Å². The van der Waals surface area contributed by atoms with Crippen LogP contribution in [0.25, 0.3) is 0 Å². The Kier molecular flexibility index (Phi) is 8.63. The Hall–Kier alpha value is -3.20. The fraction of sp³-hybridized carbons (Fsp3) is 0.448. The quantitative estimate of drug-likeness (QED) is 0.441. The van der Waals surface area contributed by atoms with Crippen molar-refractivity contribution >= 4 is 11.9 Å². The molecule has 4 unspecified atom stereocenters. The maximum Gasteiger partial charge on any atom is 0.339 e. The predicted molar refractivity (Wildman–Crippen MR) is 139 cm³/mol. The standard InChI is InChI=1S/C29H36N2O6/c1-5-31(6-2)18-17-30-27(32)24-25(28(33)34-4)29(36-20(3)26(24)37-29)23(19-21-13-9-7-10-14-21)35-22-15-11-8-12-16-22/h7-16,20,23,26H,5-6,17-19H2,1-4H3,(H,30,32). The van der Waals surface area contributed by atoms with Crippen LogP contribution in [0.2, 0.25) is 0 Å². The van der Waals surface area contributed by atoms with E-state index in [1.807, 2.05) is 67.6 Å². The number of nitrogens with one attached hydrogen (secondary N) is 1. The van der Waals surface area contributed by atoms with Gasteiger partial charge in [0.15, 0.2) is 6.10 Å². The Morgan fingerprint density at radius 1 is 1.03 bits per heavy atom. The van der Waals surface area contributed by atoms with Crippen LogP contribution in [0.5, 0.6) is 5.75 Å². The number of nitrogens with zero attached hydrogens (tertiary/aromatic N) is 1. The molecule has 1 N–H and O–H groups in total. The number of likely N-dealkylation sites (N-methyl/N-ethyl adjacent to an activating group) is 1. The molecule has 37 heavy (non-hydrogen) atoms. The monoisotopic (exact) mass is 508 g/mol. The molecule has 1 fully saturated rings. The minimum Gasteiger partial charge on any atom is -0.484 e. The summed E-state index contributed by atoms with van der Waals surface area (Å²) in [5, 5.41) is 2.97. The lowest BCUT2D eigenvalue weighted by molar-refractivity contribution is -0.195. The number of benzene rings is 2. The van der Waals surface area contributed by atoms with E-state index in [1.165, 1.54) is 7.11 Å². The number of ether oxygens (including phenoxy) is 4. The average Bonchev–Trinajstić information content (AvgIpc) is 3.45. The lowest BCUT2D eigenvalue weighted by atomic mass is 9.88. The van der Waals surface area contributed by atoms with E-state index < -0.39 is 30.1 Å². The van der Waals surface area contributed by atoms with Gasteiger partial charge in [-0.2, -0.15) is 0 Å². The summed E-state index contributed by atoms with van der Waals surface area (Å²) in [7, 11) is 1.29. The molecule has 2 aromatic rings. The Balaban J connectivity index is 1.72. The van der Waals surface area contributed by atoms with Gasteiger partial charge in [-0.3, -0.25) is 4.79 Å². The van der Waals surface area contributed by atoms with Crippen molar-refractivity contribution in [2.45, 2.75) is 51.3 Å². The molecule has 1 amide bonds. The van der Waals surface area contributed by atoms with Crippen molar-refractivity contribution in [3.63, 3.8) is 0 Å². The second-order valence-corrected chi connectivity index (χ2v) is 9.20. The van der Waals surface area contributed by atoms with Crippen LogP contribution >= 0.6 is 0 Å². The van der Waals surface area contributed by atoms with Crippen LogP contribution in [-0.4, -0.2) is 74.2 Å². The SMILES string of the molecule is CCN(CC)CCNC(=O)C1=C(C(=O)OC)C2(C(Cc3ccccc3)Oc3ccccc3)OC(C)C1O2. The first-order valence-corrected chi connectivity index (χ1v) is 12.9. The van der Waals surface area contributed by atoms with Crippen molar-refractivity contribution in [3.8, 4) is 5.75 Å². The second kappa shape index (κ2) is 11.9. The molecule has 0 aromatic heterocycles. The van der Waals surface area contributed by atoms with Gasteiger partial charge in [0.05, 0.1) is 18.8 Å². The third kappa shape index (κ3) is 5.56. The molecule has 4 rings (SSSR count). The van der Waals surface area contributed by atoms with Gasteiger partial charge in [-0.15, -0.1) is 0 Å². The van der Waals surface area contributed by atoms with Crippen molar-refractivity contribution in [2.75, 3.05) is 33.3 Å². The number of carbonyl (C=O) groups excluding carboxylic acids is 2. The van der Waals surface area contributed by atoms with Crippen molar-refractivity contribution in [1.29, 1.82) is 0 Å². The second-order valence-electron chi connectivity index (χ2n) is 9.20. The summed E-state index contributed by atoms with van der Waals surface area (Å²) >= 11 is 0. The molecule has 2 bridgehead atoms. The van der Waals surface area contributed by atoms with E-state index in [2.05, 4.69) is 24.1 Å². The summed E-state index contributed by atoms with van der Waals surface area (Å²) in [6, 6.07) is 19.1. The number of para-hydroxylation sites is 1. The number of fused-ring (bicyclic) bond motifs is 2. The van der Waals surface area contributed by atoms with Crippen molar-refractivity contribution in [2.24, 2.45) is 0 Å². The minimum atomic E-state index is -1.60. The largest absolute Gasteiger partial charge is 0.484 e. The molecular weight excluding hydrogens is 472 g/mol. The van der Waals surface area contributed by atoms with Gasteiger partial charge in [0.25, 0.3) is 5.91 Å². The highest BCUT2D eigenvalue weighted by Gasteiger charge is 2.66. The number of esters is 1. The van der Waals surface area contributed by atoms with Crippen LogP contribution in [0.3, 0.4) is 0 Å². The van der Waals surface area contributed by atoms with E-state index in [-0.39, 0.29) is 17.1 Å². The molecule has 2 aliphatic heterocycles. The van der Waals surface area contributed by atoms with Crippen molar-refractivity contribution in [3.05, 3.63) is 77.4 Å². The molecule has 198 valence electrons. The first-order valence-electron chi connectivity index (χ1n) is 12.9. The molecule has 8 heteroatoms. The molecule has 0 spiro atoms. The number of carbonyl (C=O) groups is 2. The number of hydrogen-bond donors (Lipinski definition) is 1. The normalized spacial score (nSPS) is 23.3. The molecule has 2 aromatic carbocycles. The van der Waals surface area contributed by atoms with Crippen LogP contribution in [0.15, 0.2) is 71.8 Å². The number of amides is 1. The highest BCUT2D eigenvalue weighted by Crippen LogP contribution is 2.50.